The van der Waals surface area contributed by atoms with Gasteiger partial charge >= 0.3 is 0 Å². The molecule has 0 spiro atoms. The lowest BCUT2D eigenvalue weighted by atomic mass is 9.98. The fourth-order valence-corrected chi connectivity index (χ4v) is 5.11. The third-order valence-electron chi connectivity index (χ3n) is 7.57. The minimum absolute atomic E-state index is 0.0418. The highest BCUT2D eigenvalue weighted by Crippen LogP contribution is 2.42. The van der Waals surface area contributed by atoms with Crippen LogP contribution in [0.15, 0.2) is 45.8 Å². The Morgan fingerprint density at radius 3 is 2.23 bits per heavy atom. The average molecular weight is 623 g/mol. The molecule has 44 heavy (non-hydrogen) atoms. The summed E-state index contributed by atoms with van der Waals surface area (Å²) in [5.74, 6) is 0.593. The second-order valence-electron chi connectivity index (χ2n) is 10.2. The van der Waals surface area contributed by atoms with Crippen LogP contribution in [-0.4, -0.2) is 120 Å². The Morgan fingerprint density at radius 1 is 0.864 bits per heavy atom. The first-order chi connectivity index (χ1) is 21.1. The summed E-state index contributed by atoms with van der Waals surface area (Å²) in [6, 6.07) is 7.99. The molecule has 2 fully saturated rings. The van der Waals surface area contributed by atoms with E-state index in [4.69, 9.17) is 37.6 Å². The van der Waals surface area contributed by atoms with Gasteiger partial charge in [-0.3, -0.25) is 4.79 Å². The quantitative estimate of drug-likeness (QED) is 0.171. The van der Waals surface area contributed by atoms with Crippen molar-refractivity contribution in [1.82, 2.24) is 0 Å². The van der Waals surface area contributed by atoms with Gasteiger partial charge in [-0.05, 0) is 17.7 Å². The van der Waals surface area contributed by atoms with Crippen molar-refractivity contribution in [3.63, 3.8) is 0 Å². The molecule has 2 aliphatic heterocycles. The molecule has 9 atom stereocenters. The molecule has 1 aromatic heterocycles. The highest BCUT2D eigenvalue weighted by Gasteiger charge is 2.50. The summed E-state index contributed by atoms with van der Waals surface area (Å²) in [7, 11) is 4.22. The van der Waals surface area contributed by atoms with Crippen LogP contribution in [0.4, 0.5) is 0 Å². The molecule has 15 nitrogen and oxygen atoms in total. The van der Waals surface area contributed by atoms with Crippen molar-refractivity contribution in [2.75, 3.05) is 34.5 Å². The van der Waals surface area contributed by atoms with Crippen LogP contribution >= 0.6 is 0 Å². The minimum atomic E-state index is -1.77. The number of methoxy groups -OCH3 is 3. The van der Waals surface area contributed by atoms with Gasteiger partial charge in [0.15, 0.2) is 23.7 Å². The highest BCUT2D eigenvalue weighted by molar-refractivity contribution is 5.93. The fraction of sp³-hybridized carbons (Fsp3) is 0.483. The van der Waals surface area contributed by atoms with Gasteiger partial charge in [0.05, 0.1) is 40.1 Å². The van der Waals surface area contributed by atoms with Crippen molar-refractivity contribution in [3.05, 3.63) is 46.8 Å². The smallest absolute Gasteiger partial charge is 0.229 e. The summed E-state index contributed by atoms with van der Waals surface area (Å²) in [4.78, 5) is 14.0. The number of hydrogen-bond donors (Lipinski definition) is 6. The van der Waals surface area contributed by atoms with Gasteiger partial charge in [-0.2, -0.15) is 0 Å². The monoisotopic (exact) mass is 622 g/mol. The van der Waals surface area contributed by atoms with Gasteiger partial charge < -0.3 is 68.2 Å². The van der Waals surface area contributed by atoms with Gasteiger partial charge in [-0.25, -0.2) is 0 Å². The van der Waals surface area contributed by atoms with Crippen molar-refractivity contribution < 1.29 is 68.2 Å². The first-order valence-corrected chi connectivity index (χ1v) is 13.6. The SMILES string of the molecule is COc1ccc(-c2coc3c(OC)c(OC)cc(O[C@H]4O[C@@H](CO)[C@@H](O)[C@@H](O)[C@H]4O[C@@H]4OC[C@@H](O)[C@@H](O)[C@H]4O)c3c2=O)cc1. The van der Waals surface area contributed by atoms with E-state index >= 15 is 0 Å². The molecule has 6 N–H and O–H groups in total. The van der Waals surface area contributed by atoms with Gasteiger partial charge in [0.1, 0.15) is 59.8 Å². The van der Waals surface area contributed by atoms with Crippen molar-refractivity contribution in [2.45, 2.75) is 55.3 Å². The van der Waals surface area contributed by atoms with Crippen molar-refractivity contribution in [1.29, 1.82) is 0 Å². The summed E-state index contributed by atoms with van der Waals surface area (Å²) in [5.41, 5.74) is 0.0767. The van der Waals surface area contributed by atoms with E-state index in [1.807, 2.05) is 0 Å². The molecule has 3 heterocycles. The molecule has 0 aliphatic carbocycles. The van der Waals surface area contributed by atoms with Crippen LogP contribution < -0.4 is 24.4 Å². The first kappa shape index (κ1) is 31.9. The number of benzene rings is 2. The van der Waals surface area contributed by atoms with Gasteiger partial charge in [-0.1, -0.05) is 12.1 Å². The summed E-state index contributed by atoms with van der Waals surface area (Å²) >= 11 is 0. The summed E-state index contributed by atoms with van der Waals surface area (Å²) in [5, 5.41) is 61.6. The molecule has 2 aromatic carbocycles. The molecule has 5 rings (SSSR count). The van der Waals surface area contributed by atoms with Crippen LogP contribution in [0.5, 0.6) is 23.0 Å². The van der Waals surface area contributed by atoms with Crippen LogP contribution in [-0.2, 0) is 14.2 Å². The van der Waals surface area contributed by atoms with Gasteiger partial charge in [0.2, 0.25) is 17.5 Å². The fourth-order valence-electron chi connectivity index (χ4n) is 5.11. The number of fused-ring (bicyclic) bond motifs is 1. The van der Waals surface area contributed by atoms with Crippen LogP contribution in [0.3, 0.4) is 0 Å². The van der Waals surface area contributed by atoms with E-state index in [2.05, 4.69) is 0 Å². The lowest BCUT2D eigenvalue weighted by molar-refractivity contribution is -0.344. The molecule has 2 aliphatic rings. The largest absolute Gasteiger partial charge is 0.497 e. The summed E-state index contributed by atoms with van der Waals surface area (Å²) in [6.07, 6.45) is -13.2. The maximum Gasteiger partial charge on any atom is 0.229 e. The lowest BCUT2D eigenvalue weighted by Crippen LogP contribution is -2.63. The molecule has 240 valence electrons. The molecule has 0 radical (unpaired) electrons. The van der Waals surface area contributed by atoms with Crippen molar-refractivity contribution in [2.24, 2.45) is 0 Å². The molecule has 2 saturated heterocycles. The summed E-state index contributed by atoms with van der Waals surface area (Å²) in [6.45, 7) is -1.13. The summed E-state index contributed by atoms with van der Waals surface area (Å²) < 4.78 is 44.9. The minimum Gasteiger partial charge on any atom is -0.497 e. The topological polar surface area (TPSA) is 216 Å². The van der Waals surface area contributed by atoms with Gasteiger partial charge in [0.25, 0.3) is 0 Å². The number of ether oxygens (including phenoxy) is 7. The Bertz CT molecular complexity index is 1490. The second kappa shape index (κ2) is 13.2. The van der Waals surface area contributed by atoms with E-state index in [0.717, 1.165) is 0 Å². The van der Waals surface area contributed by atoms with Crippen LogP contribution in [0.1, 0.15) is 0 Å². The standard InChI is InChI=1S/C29H34O15/c1-37-13-6-4-12(5-7-13)14-10-40-26-19(20(14)32)16(8-17(38-2)25(26)39-3)42-29-27(23(35)22(34)18(9-30)43-29)44-28-24(36)21(33)15(31)11-41-28/h4-8,10,15,18,21-24,27-31,33-36H,9,11H2,1-3H3/t15-,18+,21-,22-,23-,24-,27-,28+,29+/m1/s1. The normalized spacial score (nSPS) is 30.6. The van der Waals surface area contributed by atoms with Gasteiger partial charge in [-0.15, -0.1) is 0 Å². The maximum absolute atomic E-state index is 14.0. The molecule has 0 unspecified atom stereocenters. The molecular formula is C29H34O15. The Kier molecular flexibility index (Phi) is 9.59. The van der Waals surface area contributed by atoms with Crippen LogP contribution in [0.25, 0.3) is 22.1 Å². The third-order valence-corrected chi connectivity index (χ3v) is 7.57. The maximum atomic E-state index is 14.0. The zero-order valence-corrected chi connectivity index (χ0v) is 23.9. The molecule has 0 saturated carbocycles. The zero-order valence-electron chi connectivity index (χ0n) is 23.9. The van der Waals surface area contributed by atoms with Crippen molar-refractivity contribution in [3.8, 4) is 34.1 Å². The van der Waals surface area contributed by atoms with E-state index in [0.29, 0.717) is 11.3 Å². The molecule has 15 heteroatoms. The Hall–Kier alpha value is -3.51. The predicted octanol–water partition coefficient (Wildman–Crippen LogP) is -0.872. The van der Waals surface area contributed by atoms with E-state index in [1.54, 1.807) is 24.3 Å². The second-order valence-corrected chi connectivity index (χ2v) is 10.2. The van der Waals surface area contributed by atoms with Crippen molar-refractivity contribution >= 4 is 11.0 Å². The number of aliphatic hydroxyl groups excluding tert-OH is 6. The Balaban J connectivity index is 1.60. The molecule has 0 amide bonds. The highest BCUT2D eigenvalue weighted by atomic mass is 16.8. The first-order valence-electron chi connectivity index (χ1n) is 13.6. The Labute approximate surface area is 250 Å². The van der Waals surface area contributed by atoms with E-state index < -0.39 is 74.0 Å². The molecular weight excluding hydrogens is 588 g/mol. The lowest BCUT2D eigenvalue weighted by Gasteiger charge is -2.44. The number of hydrogen-bond acceptors (Lipinski definition) is 15. The van der Waals surface area contributed by atoms with E-state index in [-0.39, 0.29) is 33.8 Å². The number of rotatable bonds is 9. The molecule has 0 bridgehead atoms. The predicted molar refractivity (Wildman–Crippen MR) is 149 cm³/mol. The van der Waals surface area contributed by atoms with E-state index in [1.165, 1.54) is 33.7 Å². The number of aliphatic hydroxyl groups is 6. The molecule has 3 aromatic rings. The Morgan fingerprint density at radius 2 is 1.59 bits per heavy atom. The van der Waals surface area contributed by atoms with Crippen LogP contribution in [0, 0.1) is 0 Å². The van der Waals surface area contributed by atoms with E-state index in [9.17, 15) is 35.4 Å². The average Bonchev–Trinajstić information content (AvgIpc) is 3.04. The van der Waals surface area contributed by atoms with Gasteiger partial charge in [0, 0.05) is 6.07 Å². The van der Waals surface area contributed by atoms with Crippen LogP contribution in [0.2, 0.25) is 0 Å². The zero-order chi connectivity index (χ0) is 31.7. The third kappa shape index (κ3) is 5.81.